The molecule has 16 heavy (non-hydrogen) atoms. The molecule has 2 rings (SSSR count). The molecule has 1 heterocycles. The summed E-state index contributed by atoms with van der Waals surface area (Å²) in [5, 5.41) is 3.21. The van der Waals surface area contributed by atoms with Crippen LogP contribution in [0.1, 0.15) is 24.0 Å². The number of carbonyl (C=O) groups excluding carboxylic acids is 1. The minimum Gasteiger partial charge on any atom is -0.325 e. The van der Waals surface area contributed by atoms with Crippen molar-refractivity contribution in [3.8, 4) is 0 Å². The summed E-state index contributed by atoms with van der Waals surface area (Å²) in [7, 11) is 0. The van der Waals surface area contributed by atoms with E-state index in [-0.39, 0.29) is 11.2 Å². The predicted molar refractivity (Wildman–Crippen MR) is 70.0 cm³/mol. The zero-order valence-electron chi connectivity index (χ0n) is 9.75. The van der Waals surface area contributed by atoms with Gasteiger partial charge >= 0.3 is 0 Å². The Morgan fingerprint density at radius 1 is 1.38 bits per heavy atom. The first-order valence-corrected chi connectivity index (χ1v) is 6.72. The maximum absolute atomic E-state index is 12.0. The Labute approximate surface area is 101 Å². The number of hydrogen-bond acceptors (Lipinski definition) is 2. The van der Waals surface area contributed by atoms with Gasteiger partial charge in [-0.1, -0.05) is 18.2 Å². The number of aryl methyl sites for hydroxylation is 2. The summed E-state index contributed by atoms with van der Waals surface area (Å²) in [6, 6.07) is 6.08. The summed E-state index contributed by atoms with van der Waals surface area (Å²) in [4.78, 5) is 12.0. The van der Waals surface area contributed by atoms with Gasteiger partial charge in [-0.2, -0.15) is 0 Å². The van der Waals surface area contributed by atoms with Gasteiger partial charge in [0, 0.05) is 5.69 Å². The lowest BCUT2D eigenvalue weighted by Gasteiger charge is -2.14. The lowest BCUT2D eigenvalue weighted by atomic mass is 10.1. The van der Waals surface area contributed by atoms with Crippen LogP contribution in [0.5, 0.6) is 0 Å². The van der Waals surface area contributed by atoms with E-state index in [1.807, 2.05) is 32.0 Å². The van der Waals surface area contributed by atoms with Crippen molar-refractivity contribution in [2.45, 2.75) is 31.9 Å². The first kappa shape index (κ1) is 11.5. The molecule has 1 atom stereocenters. The van der Waals surface area contributed by atoms with E-state index in [0.29, 0.717) is 0 Å². The van der Waals surface area contributed by atoms with Gasteiger partial charge in [0.2, 0.25) is 5.91 Å². The topological polar surface area (TPSA) is 29.1 Å². The van der Waals surface area contributed by atoms with Gasteiger partial charge in [-0.3, -0.25) is 4.79 Å². The van der Waals surface area contributed by atoms with Crippen LogP contribution in [0.25, 0.3) is 0 Å². The van der Waals surface area contributed by atoms with Gasteiger partial charge in [0.25, 0.3) is 0 Å². The Balaban J connectivity index is 2.11. The molecule has 1 fully saturated rings. The van der Waals surface area contributed by atoms with Gasteiger partial charge in [0.1, 0.15) is 0 Å². The van der Waals surface area contributed by atoms with Crippen molar-refractivity contribution in [3.63, 3.8) is 0 Å². The van der Waals surface area contributed by atoms with Crippen LogP contribution in [0, 0.1) is 13.8 Å². The number of nitrogens with one attached hydrogen (secondary N) is 1. The van der Waals surface area contributed by atoms with Crippen molar-refractivity contribution >= 4 is 23.4 Å². The van der Waals surface area contributed by atoms with E-state index in [9.17, 15) is 4.79 Å². The van der Waals surface area contributed by atoms with Crippen LogP contribution in [-0.2, 0) is 4.79 Å². The minimum absolute atomic E-state index is 0.152. The van der Waals surface area contributed by atoms with Crippen molar-refractivity contribution in [2.24, 2.45) is 0 Å². The quantitative estimate of drug-likeness (QED) is 0.853. The second kappa shape index (κ2) is 4.91. The standard InChI is InChI=1S/C13H17NOS/c1-9-5-3-6-10(2)12(9)14-13(15)11-7-4-8-16-11/h3,5-6,11H,4,7-8H2,1-2H3,(H,14,15). The highest BCUT2D eigenvalue weighted by Crippen LogP contribution is 2.28. The Morgan fingerprint density at radius 3 is 2.62 bits per heavy atom. The largest absolute Gasteiger partial charge is 0.325 e. The first-order valence-electron chi connectivity index (χ1n) is 5.67. The molecule has 0 bridgehead atoms. The summed E-state index contributed by atoms with van der Waals surface area (Å²) in [6.45, 7) is 4.06. The lowest BCUT2D eigenvalue weighted by molar-refractivity contribution is -0.115. The van der Waals surface area contributed by atoms with Crippen LogP contribution < -0.4 is 5.32 Å². The summed E-state index contributed by atoms with van der Waals surface area (Å²) in [5.41, 5.74) is 3.26. The molecule has 1 aromatic rings. The number of carbonyl (C=O) groups is 1. The van der Waals surface area contributed by atoms with E-state index in [1.165, 1.54) is 0 Å². The smallest absolute Gasteiger partial charge is 0.237 e. The van der Waals surface area contributed by atoms with Gasteiger partial charge in [-0.05, 0) is 43.6 Å². The molecule has 0 aromatic heterocycles. The summed E-state index contributed by atoms with van der Waals surface area (Å²) < 4.78 is 0. The molecule has 1 aromatic carbocycles. The first-order chi connectivity index (χ1) is 7.68. The van der Waals surface area contributed by atoms with Crippen LogP contribution in [0.3, 0.4) is 0 Å². The molecule has 1 aliphatic rings. The van der Waals surface area contributed by atoms with Crippen LogP contribution in [-0.4, -0.2) is 16.9 Å². The zero-order valence-corrected chi connectivity index (χ0v) is 10.6. The monoisotopic (exact) mass is 235 g/mol. The highest BCUT2D eigenvalue weighted by atomic mass is 32.2. The molecule has 86 valence electrons. The highest BCUT2D eigenvalue weighted by molar-refractivity contribution is 8.00. The second-order valence-corrected chi connectivity index (χ2v) is 5.57. The van der Waals surface area contributed by atoms with E-state index < -0.39 is 0 Å². The lowest BCUT2D eigenvalue weighted by Crippen LogP contribution is -2.23. The second-order valence-electron chi connectivity index (χ2n) is 4.26. The van der Waals surface area contributed by atoms with Crippen molar-refractivity contribution < 1.29 is 4.79 Å². The maximum atomic E-state index is 12.0. The van der Waals surface area contributed by atoms with Crippen LogP contribution in [0.2, 0.25) is 0 Å². The molecule has 1 N–H and O–H groups in total. The highest BCUT2D eigenvalue weighted by Gasteiger charge is 2.23. The van der Waals surface area contributed by atoms with E-state index in [0.717, 1.165) is 35.4 Å². The summed E-state index contributed by atoms with van der Waals surface area (Å²) >= 11 is 1.77. The summed E-state index contributed by atoms with van der Waals surface area (Å²) in [6.07, 6.45) is 2.18. The van der Waals surface area contributed by atoms with E-state index in [2.05, 4.69) is 5.32 Å². The van der Waals surface area contributed by atoms with Gasteiger partial charge in [0.15, 0.2) is 0 Å². The number of anilines is 1. The van der Waals surface area contributed by atoms with E-state index in [1.54, 1.807) is 11.8 Å². The number of benzene rings is 1. The van der Waals surface area contributed by atoms with E-state index in [4.69, 9.17) is 0 Å². The molecule has 3 heteroatoms. The number of rotatable bonds is 2. The maximum Gasteiger partial charge on any atom is 0.237 e. The molecular formula is C13H17NOS. The van der Waals surface area contributed by atoms with Crippen molar-refractivity contribution in [1.29, 1.82) is 0 Å². The normalized spacial score (nSPS) is 19.8. The van der Waals surface area contributed by atoms with Crippen LogP contribution in [0.4, 0.5) is 5.69 Å². The van der Waals surface area contributed by atoms with Gasteiger partial charge < -0.3 is 5.32 Å². The molecule has 1 amide bonds. The fraction of sp³-hybridized carbons (Fsp3) is 0.462. The van der Waals surface area contributed by atoms with Gasteiger partial charge in [-0.15, -0.1) is 11.8 Å². The molecule has 0 aliphatic carbocycles. The third-order valence-corrected chi connectivity index (χ3v) is 4.33. The number of para-hydroxylation sites is 1. The molecular weight excluding hydrogens is 218 g/mol. The molecule has 0 spiro atoms. The van der Waals surface area contributed by atoms with Crippen LogP contribution >= 0.6 is 11.8 Å². The Kier molecular flexibility index (Phi) is 3.54. The average molecular weight is 235 g/mol. The minimum atomic E-state index is 0.152. The molecule has 0 saturated carbocycles. The summed E-state index contributed by atoms with van der Waals surface area (Å²) in [5.74, 6) is 1.28. The third kappa shape index (κ3) is 2.40. The Bertz CT molecular complexity index is 377. The number of hydrogen-bond donors (Lipinski definition) is 1. The van der Waals surface area contributed by atoms with Gasteiger partial charge in [0.05, 0.1) is 5.25 Å². The molecule has 0 radical (unpaired) electrons. The molecule has 1 saturated heterocycles. The number of thioether (sulfide) groups is 1. The number of amides is 1. The van der Waals surface area contributed by atoms with E-state index >= 15 is 0 Å². The average Bonchev–Trinajstić information content (AvgIpc) is 2.76. The SMILES string of the molecule is Cc1cccc(C)c1NC(=O)C1CCCS1. The third-order valence-electron chi connectivity index (χ3n) is 2.95. The van der Waals surface area contributed by atoms with Crippen LogP contribution in [0.15, 0.2) is 18.2 Å². The molecule has 1 unspecified atom stereocenters. The van der Waals surface area contributed by atoms with Crippen molar-refractivity contribution in [2.75, 3.05) is 11.1 Å². The van der Waals surface area contributed by atoms with Crippen molar-refractivity contribution in [3.05, 3.63) is 29.3 Å². The molecule has 1 aliphatic heterocycles. The fourth-order valence-corrected chi connectivity index (χ4v) is 3.16. The van der Waals surface area contributed by atoms with Gasteiger partial charge in [-0.25, -0.2) is 0 Å². The fourth-order valence-electron chi connectivity index (χ4n) is 2.00. The Hall–Kier alpha value is -0.960. The zero-order chi connectivity index (χ0) is 11.5. The predicted octanol–water partition coefficient (Wildman–Crippen LogP) is 3.14. The Morgan fingerprint density at radius 2 is 2.06 bits per heavy atom. The molecule has 2 nitrogen and oxygen atoms in total. The van der Waals surface area contributed by atoms with Crippen molar-refractivity contribution in [1.82, 2.24) is 0 Å².